The summed E-state index contributed by atoms with van der Waals surface area (Å²) in [6, 6.07) is 10.5. The van der Waals surface area contributed by atoms with Crippen molar-refractivity contribution in [2.75, 3.05) is 0 Å². The second kappa shape index (κ2) is 3.63. The van der Waals surface area contributed by atoms with Gasteiger partial charge in [0.1, 0.15) is 11.5 Å². The smallest absolute Gasteiger partial charge is 0.134 e. The normalized spacial score (nSPS) is 13.8. The van der Waals surface area contributed by atoms with Crippen LogP contribution in [0.3, 0.4) is 0 Å². The van der Waals surface area contributed by atoms with Gasteiger partial charge in [-0.15, -0.1) is 0 Å². The Morgan fingerprint density at radius 1 is 1.19 bits per heavy atom. The van der Waals surface area contributed by atoms with Crippen LogP contribution >= 0.6 is 15.9 Å². The van der Waals surface area contributed by atoms with Gasteiger partial charge in [0.15, 0.2) is 0 Å². The average Bonchev–Trinajstić information content (AvgIpc) is 2.83. The average molecular weight is 275 g/mol. The molecule has 0 amide bonds. The topological polar surface area (TPSA) is 13.1 Å². The van der Waals surface area contributed by atoms with Crippen LogP contribution in [0.4, 0.5) is 0 Å². The van der Waals surface area contributed by atoms with Crippen molar-refractivity contribution in [2.24, 2.45) is 0 Å². The molecule has 1 aliphatic rings. The van der Waals surface area contributed by atoms with Gasteiger partial charge >= 0.3 is 0 Å². The number of rotatable bonds is 1. The van der Waals surface area contributed by atoms with Crippen LogP contribution in [-0.4, -0.2) is 0 Å². The summed E-state index contributed by atoms with van der Waals surface area (Å²) in [5.41, 5.74) is 3.86. The maximum Gasteiger partial charge on any atom is 0.134 e. The van der Waals surface area contributed by atoms with Crippen molar-refractivity contribution < 1.29 is 4.42 Å². The molecule has 0 bridgehead atoms. The summed E-state index contributed by atoms with van der Waals surface area (Å²) in [6.45, 7) is 1.97. The standard InChI is InChI=1S/C14H11BrO/c1-9-2-7-14(16-9)12-6-4-10-3-5-11(15)8-13(10)12/h2-3,5-8H,4H2,1H3. The van der Waals surface area contributed by atoms with Crippen molar-refractivity contribution in [3.05, 3.63) is 63.5 Å². The first-order valence-electron chi connectivity index (χ1n) is 5.30. The fourth-order valence-electron chi connectivity index (χ4n) is 2.11. The molecule has 1 aromatic heterocycles. The number of furan rings is 1. The lowest BCUT2D eigenvalue weighted by Gasteiger charge is -2.03. The van der Waals surface area contributed by atoms with Gasteiger partial charge in [0, 0.05) is 10.0 Å². The van der Waals surface area contributed by atoms with Crippen LogP contribution in [0.2, 0.25) is 0 Å². The van der Waals surface area contributed by atoms with Crippen LogP contribution in [0, 0.1) is 6.92 Å². The Bertz CT molecular complexity index is 578. The summed E-state index contributed by atoms with van der Waals surface area (Å²) in [5.74, 6) is 1.92. The van der Waals surface area contributed by atoms with E-state index in [1.54, 1.807) is 0 Å². The van der Waals surface area contributed by atoms with Crippen LogP contribution in [0.5, 0.6) is 0 Å². The van der Waals surface area contributed by atoms with E-state index in [2.05, 4.69) is 40.2 Å². The van der Waals surface area contributed by atoms with E-state index in [0.29, 0.717) is 0 Å². The van der Waals surface area contributed by atoms with Gasteiger partial charge in [-0.05, 0) is 48.7 Å². The lowest BCUT2D eigenvalue weighted by atomic mass is 10.0. The molecular weight excluding hydrogens is 264 g/mol. The van der Waals surface area contributed by atoms with Crippen LogP contribution in [0.15, 0.2) is 45.3 Å². The zero-order chi connectivity index (χ0) is 11.1. The van der Waals surface area contributed by atoms with Crippen LogP contribution in [0.25, 0.3) is 5.57 Å². The number of fused-ring (bicyclic) bond motifs is 1. The molecule has 1 aliphatic carbocycles. The third kappa shape index (κ3) is 1.54. The predicted octanol–water partition coefficient (Wildman–Crippen LogP) is 4.34. The van der Waals surface area contributed by atoms with Crippen molar-refractivity contribution in [3.8, 4) is 0 Å². The SMILES string of the molecule is Cc1ccc(C2=CCc3ccc(Br)cc32)o1. The molecule has 0 saturated heterocycles. The molecule has 1 heterocycles. The molecule has 0 N–H and O–H groups in total. The fourth-order valence-corrected chi connectivity index (χ4v) is 2.47. The van der Waals surface area contributed by atoms with E-state index >= 15 is 0 Å². The fraction of sp³-hybridized carbons (Fsp3) is 0.143. The molecule has 0 unspecified atom stereocenters. The third-order valence-corrected chi connectivity index (χ3v) is 3.39. The summed E-state index contributed by atoms with van der Waals surface area (Å²) in [6.07, 6.45) is 3.23. The lowest BCUT2D eigenvalue weighted by Crippen LogP contribution is -1.85. The van der Waals surface area contributed by atoms with Gasteiger partial charge in [-0.25, -0.2) is 0 Å². The highest BCUT2D eigenvalue weighted by atomic mass is 79.9. The largest absolute Gasteiger partial charge is 0.461 e. The highest BCUT2D eigenvalue weighted by Crippen LogP contribution is 2.35. The first-order chi connectivity index (χ1) is 7.74. The van der Waals surface area contributed by atoms with E-state index in [1.165, 1.54) is 16.7 Å². The van der Waals surface area contributed by atoms with Gasteiger partial charge in [0.05, 0.1) is 0 Å². The molecule has 0 radical (unpaired) electrons. The zero-order valence-electron chi connectivity index (χ0n) is 8.96. The van der Waals surface area contributed by atoms with Crippen molar-refractivity contribution in [2.45, 2.75) is 13.3 Å². The summed E-state index contributed by atoms with van der Waals surface area (Å²) in [4.78, 5) is 0. The Kier molecular flexibility index (Phi) is 2.25. The summed E-state index contributed by atoms with van der Waals surface area (Å²) >= 11 is 3.51. The number of benzene rings is 1. The first-order valence-corrected chi connectivity index (χ1v) is 6.09. The molecule has 16 heavy (non-hydrogen) atoms. The molecule has 3 rings (SSSR count). The minimum Gasteiger partial charge on any atom is -0.461 e. The molecule has 2 aromatic rings. The number of halogens is 1. The van der Waals surface area contributed by atoms with Crippen LogP contribution in [-0.2, 0) is 6.42 Å². The Morgan fingerprint density at radius 2 is 2.06 bits per heavy atom. The predicted molar refractivity (Wildman–Crippen MR) is 68.4 cm³/mol. The van der Waals surface area contributed by atoms with Crippen molar-refractivity contribution >= 4 is 21.5 Å². The molecule has 0 spiro atoms. The van der Waals surface area contributed by atoms with Crippen LogP contribution in [0.1, 0.15) is 22.6 Å². The van der Waals surface area contributed by atoms with Gasteiger partial charge < -0.3 is 4.42 Å². The molecule has 0 saturated carbocycles. The van der Waals surface area contributed by atoms with E-state index in [4.69, 9.17) is 4.42 Å². The maximum atomic E-state index is 5.68. The van der Waals surface area contributed by atoms with E-state index in [0.717, 1.165) is 22.4 Å². The highest BCUT2D eigenvalue weighted by Gasteiger charge is 2.17. The molecule has 0 fully saturated rings. The molecule has 2 heteroatoms. The Hall–Kier alpha value is -1.28. The van der Waals surface area contributed by atoms with Crippen molar-refractivity contribution in [1.82, 2.24) is 0 Å². The van der Waals surface area contributed by atoms with E-state index in [9.17, 15) is 0 Å². The minimum absolute atomic E-state index is 0.958. The van der Waals surface area contributed by atoms with E-state index < -0.39 is 0 Å². The van der Waals surface area contributed by atoms with E-state index in [-0.39, 0.29) is 0 Å². The molecule has 80 valence electrons. The molecule has 1 aromatic carbocycles. The van der Waals surface area contributed by atoms with E-state index in [1.807, 2.05) is 19.1 Å². The maximum absolute atomic E-state index is 5.68. The summed E-state index contributed by atoms with van der Waals surface area (Å²) in [7, 11) is 0. The highest BCUT2D eigenvalue weighted by molar-refractivity contribution is 9.10. The monoisotopic (exact) mass is 274 g/mol. The van der Waals surface area contributed by atoms with Crippen molar-refractivity contribution in [3.63, 3.8) is 0 Å². The van der Waals surface area contributed by atoms with Crippen molar-refractivity contribution in [1.29, 1.82) is 0 Å². The second-order valence-electron chi connectivity index (χ2n) is 4.03. The number of hydrogen-bond acceptors (Lipinski definition) is 1. The number of aryl methyl sites for hydroxylation is 1. The summed E-state index contributed by atoms with van der Waals surface area (Å²) < 4.78 is 6.79. The Morgan fingerprint density at radius 3 is 2.81 bits per heavy atom. The third-order valence-electron chi connectivity index (χ3n) is 2.89. The number of hydrogen-bond donors (Lipinski definition) is 0. The molecular formula is C14H11BrO. The van der Waals surface area contributed by atoms with Gasteiger partial charge in [-0.3, -0.25) is 0 Å². The lowest BCUT2D eigenvalue weighted by molar-refractivity contribution is 0.522. The number of allylic oxidation sites excluding steroid dienone is 1. The molecule has 0 aliphatic heterocycles. The molecule has 0 atom stereocenters. The zero-order valence-corrected chi connectivity index (χ0v) is 10.5. The second-order valence-corrected chi connectivity index (χ2v) is 4.95. The van der Waals surface area contributed by atoms with Gasteiger partial charge in [-0.2, -0.15) is 0 Å². The van der Waals surface area contributed by atoms with Crippen LogP contribution < -0.4 is 0 Å². The minimum atomic E-state index is 0.958. The Labute approximate surface area is 103 Å². The first kappa shape index (κ1) is 9.91. The summed E-state index contributed by atoms with van der Waals surface area (Å²) in [5, 5.41) is 0. The van der Waals surface area contributed by atoms with Gasteiger partial charge in [0.25, 0.3) is 0 Å². The Balaban J connectivity index is 2.11. The van der Waals surface area contributed by atoms with Gasteiger partial charge in [0.2, 0.25) is 0 Å². The van der Waals surface area contributed by atoms with Gasteiger partial charge in [-0.1, -0.05) is 28.1 Å². The molecule has 1 nitrogen and oxygen atoms in total. The quantitative estimate of drug-likeness (QED) is 0.754.